The molecule has 0 saturated carbocycles. The van der Waals surface area contributed by atoms with Crippen LogP contribution in [-0.2, 0) is 9.59 Å². The average molecular weight is 467 g/mol. The zero-order valence-electron chi connectivity index (χ0n) is 20.1. The number of anilines is 1. The largest absolute Gasteiger partial charge is 0.496 e. The Morgan fingerprint density at radius 3 is 2.41 bits per heavy atom. The summed E-state index contributed by atoms with van der Waals surface area (Å²) in [7, 11) is 1.54. The molecule has 2 aliphatic rings. The van der Waals surface area contributed by atoms with Gasteiger partial charge in [-0.15, -0.1) is 0 Å². The molecule has 2 amide bonds. The number of hydrogen-bond acceptors (Lipinski definition) is 7. The van der Waals surface area contributed by atoms with E-state index in [1.165, 1.54) is 12.3 Å². The second-order valence-electron chi connectivity index (χ2n) is 9.14. The summed E-state index contributed by atoms with van der Waals surface area (Å²) in [5, 5.41) is 15.6. The van der Waals surface area contributed by atoms with Crippen LogP contribution in [0.4, 0.5) is 5.69 Å². The summed E-state index contributed by atoms with van der Waals surface area (Å²) in [4.78, 5) is 29.6. The van der Waals surface area contributed by atoms with Gasteiger partial charge in [0, 0.05) is 60.6 Å². The summed E-state index contributed by atoms with van der Waals surface area (Å²) < 4.78 is 5.49. The zero-order valence-corrected chi connectivity index (χ0v) is 20.1. The maximum absolute atomic E-state index is 13.5. The molecule has 2 saturated heterocycles. The molecule has 0 atom stereocenters. The van der Waals surface area contributed by atoms with Gasteiger partial charge in [-0.1, -0.05) is 13.8 Å². The molecular formula is C25H34N6O3. The van der Waals surface area contributed by atoms with Crippen LogP contribution in [0, 0.1) is 22.2 Å². The standard InChI is InChI=1S/C25H34N6O3/c1-16(2)20(28)13-21(29)23(32)30-9-6-25(7-10-30)8-11-31(24(25)33)18-4-5-19(17(14-26)15-27)22(12-18)34-3/h4-5,12-16,26,29H,6-11,27-28H2,1-3H3/b17-15+,20-13?,26-14?,29-21?. The third-order valence-electron chi connectivity index (χ3n) is 6.87. The van der Waals surface area contributed by atoms with E-state index < -0.39 is 5.41 Å². The lowest BCUT2D eigenvalue weighted by Gasteiger charge is -2.37. The van der Waals surface area contributed by atoms with Gasteiger partial charge in [-0.2, -0.15) is 0 Å². The second kappa shape index (κ2) is 10.1. The molecule has 9 nitrogen and oxygen atoms in total. The summed E-state index contributed by atoms with van der Waals surface area (Å²) in [5.41, 5.74) is 13.3. The molecule has 2 fully saturated rings. The maximum atomic E-state index is 13.5. The first-order valence-corrected chi connectivity index (χ1v) is 11.4. The molecule has 9 heteroatoms. The van der Waals surface area contributed by atoms with Crippen molar-refractivity contribution in [1.29, 1.82) is 10.8 Å². The van der Waals surface area contributed by atoms with Crippen LogP contribution in [0.15, 0.2) is 36.2 Å². The van der Waals surface area contributed by atoms with Gasteiger partial charge < -0.3 is 31.4 Å². The van der Waals surface area contributed by atoms with Crippen LogP contribution in [0.3, 0.4) is 0 Å². The molecule has 2 aliphatic heterocycles. The number of nitrogens with one attached hydrogen (secondary N) is 2. The molecule has 1 spiro atoms. The first kappa shape index (κ1) is 25.0. The molecule has 1 aromatic rings. The Hall–Kier alpha value is -3.62. The molecule has 182 valence electrons. The fourth-order valence-corrected chi connectivity index (χ4v) is 4.54. The SMILES string of the molecule is COc1cc(N2CCC3(CCN(C(=O)C(=N)C=C(N)C(C)C)CC3)C2=O)ccc1/C(C=N)=C/N. The molecule has 0 unspecified atom stereocenters. The number of piperidine rings is 1. The summed E-state index contributed by atoms with van der Waals surface area (Å²) in [6.45, 7) is 5.28. The minimum absolute atomic E-state index is 0.0510. The van der Waals surface area contributed by atoms with Crippen molar-refractivity contribution in [1.82, 2.24) is 4.90 Å². The van der Waals surface area contributed by atoms with E-state index in [9.17, 15) is 9.59 Å². The van der Waals surface area contributed by atoms with Gasteiger partial charge in [0.2, 0.25) is 5.91 Å². The van der Waals surface area contributed by atoms with E-state index in [0.29, 0.717) is 61.5 Å². The van der Waals surface area contributed by atoms with E-state index in [2.05, 4.69) is 0 Å². The molecular weight excluding hydrogens is 432 g/mol. The van der Waals surface area contributed by atoms with E-state index in [4.69, 9.17) is 27.0 Å². The number of benzene rings is 1. The van der Waals surface area contributed by atoms with E-state index in [0.717, 1.165) is 11.9 Å². The van der Waals surface area contributed by atoms with Crippen LogP contribution in [0.25, 0.3) is 5.57 Å². The van der Waals surface area contributed by atoms with Gasteiger partial charge in [0.15, 0.2) is 0 Å². The van der Waals surface area contributed by atoms with Crippen LogP contribution >= 0.6 is 0 Å². The van der Waals surface area contributed by atoms with Crippen molar-refractivity contribution >= 4 is 35.0 Å². The zero-order chi connectivity index (χ0) is 25.0. The topological polar surface area (TPSA) is 150 Å². The van der Waals surface area contributed by atoms with Crippen LogP contribution in [-0.4, -0.2) is 55.4 Å². The van der Waals surface area contributed by atoms with Gasteiger partial charge in [0.25, 0.3) is 5.91 Å². The van der Waals surface area contributed by atoms with Crippen molar-refractivity contribution < 1.29 is 14.3 Å². The first-order valence-electron chi connectivity index (χ1n) is 11.4. The minimum Gasteiger partial charge on any atom is -0.496 e. The fraction of sp³-hybridized carbons (Fsp3) is 0.440. The lowest BCUT2D eigenvalue weighted by molar-refractivity contribution is -0.133. The predicted octanol–water partition coefficient (Wildman–Crippen LogP) is 2.51. The second-order valence-corrected chi connectivity index (χ2v) is 9.14. The lowest BCUT2D eigenvalue weighted by atomic mass is 9.77. The molecule has 0 aromatic heterocycles. The number of carbonyl (C=O) groups excluding carboxylic acids is 2. The highest BCUT2D eigenvalue weighted by molar-refractivity contribution is 6.42. The highest BCUT2D eigenvalue weighted by Crippen LogP contribution is 2.44. The summed E-state index contributed by atoms with van der Waals surface area (Å²) >= 11 is 0. The highest BCUT2D eigenvalue weighted by Gasteiger charge is 2.49. The number of methoxy groups -OCH3 is 1. The third-order valence-corrected chi connectivity index (χ3v) is 6.87. The van der Waals surface area contributed by atoms with Gasteiger partial charge in [0.1, 0.15) is 11.5 Å². The fourth-order valence-electron chi connectivity index (χ4n) is 4.54. The lowest BCUT2D eigenvalue weighted by Crippen LogP contribution is -2.48. The predicted molar refractivity (Wildman–Crippen MR) is 134 cm³/mol. The number of amides is 2. The molecule has 0 bridgehead atoms. The summed E-state index contributed by atoms with van der Waals surface area (Å²) in [6, 6.07) is 5.44. The molecule has 0 aliphatic carbocycles. The van der Waals surface area contributed by atoms with Gasteiger partial charge in [0.05, 0.1) is 12.5 Å². The number of allylic oxidation sites excluding steroid dienone is 2. The van der Waals surface area contributed by atoms with Crippen molar-refractivity contribution in [2.45, 2.75) is 33.1 Å². The van der Waals surface area contributed by atoms with Crippen molar-refractivity contribution in [2.24, 2.45) is 22.8 Å². The average Bonchev–Trinajstić information content (AvgIpc) is 3.15. The molecule has 0 radical (unpaired) electrons. The Morgan fingerprint density at radius 2 is 1.85 bits per heavy atom. The number of carbonyl (C=O) groups is 2. The van der Waals surface area contributed by atoms with Crippen LogP contribution in [0.1, 0.15) is 38.7 Å². The van der Waals surface area contributed by atoms with Gasteiger partial charge >= 0.3 is 0 Å². The maximum Gasteiger partial charge on any atom is 0.271 e. The third kappa shape index (κ3) is 4.69. The Balaban J connectivity index is 1.72. The normalized spacial score (nSPS) is 18.5. The Labute approximate surface area is 200 Å². The van der Waals surface area contributed by atoms with Crippen LogP contribution < -0.4 is 21.1 Å². The van der Waals surface area contributed by atoms with E-state index in [-0.39, 0.29) is 23.4 Å². The summed E-state index contributed by atoms with van der Waals surface area (Å²) in [5.74, 6) is 0.306. The van der Waals surface area contributed by atoms with Crippen molar-refractivity contribution in [3.8, 4) is 5.75 Å². The van der Waals surface area contributed by atoms with E-state index in [1.54, 1.807) is 29.0 Å². The first-order chi connectivity index (χ1) is 16.2. The number of hydrogen-bond donors (Lipinski definition) is 4. The van der Waals surface area contributed by atoms with Crippen LogP contribution in [0.5, 0.6) is 5.75 Å². The molecule has 3 rings (SSSR count). The number of nitrogens with two attached hydrogens (primary N) is 2. The monoisotopic (exact) mass is 466 g/mol. The van der Waals surface area contributed by atoms with E-state index in [1.807, 2.05) is 19.9 Å². The number of rotatable bonds is 7. The van der Waals surface area contributed by atoms with Crippen molar-refractivity contribution in [3.63, 3.8) is 0 Å². The van der Waals surface area contributed by atoms with E-state index >= 15 is 0 Å². The molecule has 2 heterocycles. The molecule has 6 N–H and O–H groups in total. The summed E-state index contributed by atoms with van der Waals surface area (Å²) in [6.07, 6.45) is 5.78. The number of nitrogens with zero attached hydrogens (tertiary/aromatic N) is 2. The van der Waals surface area contributed by atoms with Crippen molar-refractivity contribution in [3.05, 3.63) is 41.7 Å². The highest BCUT2D eigenvalue weighted by atomic mass is 16.5. The Morgan fingerprint density at radius 1 is 1.21 bits per heavy atom. The molecule has 34 heavy (non-hydrogen) atoms. The minimum atomic E-state index is -0.505. The number of likely N-dealkylation sites (tertiary alicyclic amines) is 1. The van der Waals surface area contributed by atoms with Crippen molar-refractivity contribution in [2.75, 3.05) is 31.6 Å². The van der Waals surface area contributed by atoms with Gasteiger partial charge in [-0.25, -0.2) is 0 Å². The molecule has 1 aromatic carbocycles. The van der Waals surface area contributed by atoms with Gasteiger partial charge in [-0.05, 0) is 43.4 Å². The Kier molecular flexibility index (Phi) is 7.44. The smallest absolute Gasteiger partial charge is 0.271 e. The quantitative estimate of drug-likeness (QED) is 0.455. The Bertz CT molecular complexity index is 1050. The van der Waals surface area contributed by atoms with Gasteiger partial charge in [-0.3, -0.25) is 15.0 Å². The number of ether oxygens (including phenoxy) is 1. The van der Waals surface area contributed by atoms with Crippen LogP contribution in [0.2, 0.25) is 0 Å².